The number of carbonyl (C=O) groups excluding carboxylic acids is 1. The molecule has 4 heteroatoms. The molecule has 0 amide bonds. The quantitative estimate of drug-likeness (QED) is 0.609. The largest absolute Gasteiger partial charge is 0.493 e. The SMILES string of the molecule is COc1cc(C(C)(C)C)cc(CN=C=O)c1OC. The minimum atomic E-state index is -0.0147. The first-order valence-electron chi connectivity index (χ1n) is 5.73. The molecular formula is C14H19NO3. The van der Waals surface area contributed by atoms with Crippen molar-refractivity contribution in [2.24, 2.45) is 4.99 Å². The van der Waals surface area contributed by atoms with Crippen LogP contribution in [0.15, 0.2) is 17.1 Å². The third-order valence-electron chi connectivity index (χ3n) is 2.74. The summed E-state index contributed by atoms with van der Waals surface area (Å²) < 4.78 is 10.6. The van der Waals surface area contributed by atoms with E-state index in [0.29, 0.717) is 11.5 Å². The summed E-state index contributed by atoms with van der Waals surface area (Å²) in [6, 6.07) is 3.94. The Morgan fingerprint density at radius 3 is 2.33 bits per heavy atom. The second kappa shape index (κ2) is 5.69. The molecule has 0 saturated carbocycles. The average Bonchev–Trinajstić information content (AvgIpc) is 2.33. The third kappa shape index (κ3) is 3.11. The molecule has 1 rings (SSSR count). The number of benzene rings is 1. The number of aliphatic imine (C=N–C) groups is 1. The Kier molecular flexibility index (Phi) is 4.51. The summed E-state index contributed by atoms with van der Waals surface area (Å²) in [5.74, 6) is 1.27. The highest BCUT2D eigenvalue weighted by Gasteiger charge is 2.19. The molecule has 1 aromatic rings. The van der Waals surface area contributed by atoms with E-state index in [-0.39, 0.29) is 12.0 Å². The van der Waals surface area contributed by atoms with Crippen molar-refractivity contribution in [2.75, 3.05) is 14.2 Å². The predicted molar refractivity (Wildman–Crippen MR) is 70.1 cm³/mol. The normalized spacial score (nSPS) is 10.7. The first kappa shape index (κ1) is 14.3. The summed E-state index contributed by atoms with van der Waals surface area (Å²) in [6.07, 6.45) is 1.54. The molecule has 0 unspecified atom stereocenters. The lowest BCUT2D eigenvalue weighted by Gasteiger charge is -2.22. The zero-order valence-corrected chi connectivity index (χ0v) is 11.5. The summed E-state index contributed by atoms with van der Waals surface area (Å²) in [5, 5.41) is 0. The molecule has 0 fully saturated rings. The molecule has 98 valence electrons. The Morgan fingerprint density at radius 1 is 1.22 bits per heavy atom. The van der Waals surface area contributed by atoms with Gasteiger partial charge in [0.05, 0.1) is 20.8 Å². The minimum Gasteiger partial charge on any atom is -0.493 e. The molecule has 0 aromatic heterocycles. The predicted octanol–water partition coefficient (Wildman–Crippen LogP) is 2.84. The lowest BCUT2D eigenvalue weighted by molar-refractivity contribution is 0.350. The maximum Gasteiger partial charge on any atom is 0.235 e. The van der Waals surface area contributed by atoms with Crippen molar-refractivity contribution in [1.82, 2.24) is 0 Å². The molecule has 0 radical (unpaired) electrons. The van der Waals surface area contributed by atoms with Crippen LogP contribution in [-0.2, 0) is 16.8 Å². The monoisotopic (exact) mass is 249 g/mol. The molecule has 0 aliphatic rings. The van der Waals surface area contributed by atoms with Gasteiger partial charge in [-0.15, -0.1) is 0 Å². The highest BCUT2D eigenvalue weighted by molar-refractivity contribution is 5.51. The zero-order chi connectivity index (χ0) is 13.8. The van der Waals surface area contributed by atoms with Gasteiger partial charge >= 0.3 is 0 Å². The summed E-state index contributed by atoms with van der Waals surface area (Å²) in [4.78, 5) is 13.9. The van der Waals surface area contributed by atoms with Crippen LogP contribution in [0.25, 0.3) is 0 Å². The van der Waals surface area contributed by atoms with Gasteiger partial charge in [-0.1, -0.05) is 20.8 Å². The highest BCUT2D eigenvalue weighted by atomic mass is 16.5. The summed E-state index contributed by atoms with van der Waals surface area (Å²) in [5.41, 5.74) is 1.92. The lowest BCUT2D eigenvalue weighted by Crippen LogP contribution is -2.12. The van der Waals surface area contributed by atoms with E-state index in [2.05, 4.69) is 25.8 Å². The fourth-order valence-corrected chi connectivity index (χ4v) is 1.71. The van der Waals surface area contributed by atoms with Gasteiger partial charge in [0, 0.05) is 5.56 Å². The van der Waals surface area contributed by atoms with Crippen LogP contribution in [0.2, 0.25) is 0 Å². The molecule has 0 N–H and O–H groups in total. The molecule has 0 bridgehead atoms. The van der Waals surface area contributed by atoms with Crippen molar-refractivity contribution in [1.29, 1.82) is 0 Å². The maximum absolute atomic E-state index is 10.3. The van der Waals surface area contributed by atoms with Gasteiger partial charge in [-0.25, -0.2) is 9.79 Å². The van der Waals surface area contributed by atoms with Crippen molar-refractivity contribution in [3.63, 3.8) is 0 Å². The van der Waals surface area contributed by atoms with E-state index in [9.17, 15) is 4.79 Å². The Morgan fingerprint density at radius 2 is 1.89 bits per heavy atom. The van der Waals surface area contributed by atoms with Crippen LogP contribution in [0.4, 0.5) is 0 Å². The molecule has 0 aliphatic carbocycles. The fraction of sp³-hybridized carbons (Fsp3) is 0.500. The van der Waals surface area contributed by atoms with Gasteiger partial charge in [0.15, 0.2) is 11.5 Å². The van der Waals surface area contributed by atoms with E-state index in [1.165, 1.54) is 0 Å². The highest BCUT2D eigenvalue weighted by Crippen LogP contribution is 2.36. The number of ether oxygens (including phenoxy) is 2. The van der Waals surface area contributed by atoms with E-state index in [1.807, 2.05) is 12.1 Å². The van der Waals surface area contributed by atoms with Gasteiger partial charge in [0.25, 0.3) is 0 Å². The van der Waals surface area contributed by atoms with Crippen molar-refractivity contribution < 1.29 is 14.3 Å². The van der Waals surface area contributed by atoms with Gasteiger partial charge < -0.3 is 9.47 Å². The fourth-order valence-electron chi connectivity index (χ4n) is 1.71. The zero-order valence-electron chi connectivity index (χ0n) is 11.5. The van der Waals surface area contributed by atoms with Crippen LogP contribution in [-0.4, -0.2) is 20.3 Å². The van der Waals surface area contributed by atoms with E-state index >= 15 is 0 Å². The van der Waals surface area contributed by atoms with E-state index in [0.717, 1.165) is 11.1 Å². The van der Waals surface area contributed by atoms with E-state index in [4.69, 9.17) is 9.47 Å². The Bertz CT molecular complexity index is 469. The lowest BCUT2D eigenvalue weighted by atomic mass is 9.85. The second-order valence-electron chi connectivity index (χ2n) is 5.03. The van der Waals surface area contributed by atoms with E-state index < -0.39 is 0 Å². The molecular weight excluding hydrogens is 230 g/mol. The van der Waals surface area contributed by atoms with Crippen molar-refractivity contribution in [2.45, 2.75) is 32.7 Å². The van der Waals surface area contributed by atoms with Gasteiger partial charge in [0.2, 0.25) is 6.08 Å². The van der Waals surface area contributed by atoms with E-state index in [1.54, 1.807) is 20.3 Å². The smallest absolute Gasteiger partial charge is 0.235 e. The maximum atomic E-state index is 10.3. The van der Waals surface area contributed by atoms with Crippen molar-refractivity contribution in [3.05, 3.63) is 23.3 Å². The number of hydrogen-bond acceptors (Lipinski definition) is 4. The number of hydrogen-bond donors (Lipinski definition) is 0. The van der Waals surface area contributed by atoms with Crippen molar-refractivity contribution in [3.8, 4) is 11.5 Å². The molecule has 4 nitrogen and oxygen atoms in total. The minimum absolute atomic E-state index is 0.0147. The number of nitrogens with zero attached hydrogens (tertiary/aromatic N) is 1. The Labute approximate surface area is 108 Å². The van der Waals surface area contributed by atoms with Gasteiger partial charge in [-0.05, 0) is 23.1 Å². The molecule has 1 aromatic carbocycles. The average molecular weight is 249 g/mol. The van der Waals surface area contributed by atoms with Crippen LogP contribution in [0.3, 0.4) is 0 Å². The summed E-state index contributed by atoms with van der Waals surface area (Å²) in [7, 11) is 3.17. The first-order chi connectivity index (χ1) is 8.43. The third-order valence-corrected chi connectivity index (χ3v) is 2.74. The number of rotatable bonds is 4. The Balaban J connectivity index is 3.39. The summed E-state index contributed by atoms with van der Waals surface area (Å²) in [6.45, 7) is 6.58. The molecule has 0 heterocycles. The first-order valence-corrected chi connectivity index (χ1v) is 5.73. The number of methoxy groups -OCH3 is 2. The molecule has 0 saturated heterocycles. The van der Waals surface area contributed by atoms with Crippen LogP contribution in [0, 0.1) is 0 Å². The van der Waals surface area contributed by atoms with Crippen LogP contribution in [0.1, 0.15) is 31.9 Å². The van der Waals surface area contributed by atoms with Crippen LogP contribution in [0.5, 0.6) is 11.5 Å². The van der Waals surface area contributed by atoms with Crippen LogP contribution >= 0.6 is 0 Å². The molecule has 0 atom stereocenters. The second-order valence-corrected chi connectivity index (χ2v) is 5.03. The standard InChI is InChI=1S/C14H19NO3/c1-14(2,3)11-6-10(8-15-9-16)13(18-5)12(7-11)17-4/h6-7H,8H2,1-5H3. The molecule has 18 heavy (non-hydrogen) atoms. The van der Waals surface area contributed by atoms with Gasteiger partial charge in [-0.3, -0.25) is 0 Å². The van der Waals surface area contributed by atoms with Crippen LogP contribution < -0.4 is 9.47 Å². The molecule has 0 spiro atoms. The topological polar surface area (TPSA) is 47.9 Å². The Hall–Kier alpha value is -1.80. The number of isocyanates is 1. The molecule has 0 aliphatic heterocycles. The summed E-state index contributed by atoms with van der Waals surface area (Å²) >= 11 is 0. The van der Waals surface area contributed by atoms with Crippen molar-refractivity contribution >= 4 is 6.08 Å². The van der Waals surface area contributed by atoms with Gasteiger partial charge in [-0.2, -0.15) is 0 Å². The van der Waals surface area contributed by atoms with Gasteiger partial charge in [0.1, 0.15) is 0 Å².